The maximum absolute atomic E-state index is 11.3. The second-order valence-corrected chi connectivity index (χ2v) is 4.04. The predicted octanol–water partition coefficient (Wildman–Crippen LogP) is 1.91. The van der Waals surface area contributed by atoms with Crippen molar-refractivity contribution in [2.24, 2.45) is 10.8 Å². The zero-order valence-electron chi connectivity index (χ0n) is 8.83. The third kappa shape index (κ3) is 4.41. The SMILES string of the molecule is CC(CN)=NNC(=O)Nc1ccc(Br)cc1. The van der Waals surface area contributed by atoms with Crippen LogP contribution in [0.5, 0.6) is 0 Å². The molecular formula is C10H13BrN4O. The van der Waals surface area contributed by atoms with E-state index < -0.39 is 6.03 Å². The van der Waals surface area contributed by atoms with Crippen LogP contribution in [0.1, 0.15) is 6.92 Å². The van der Waals surface area contributed by atoms with Crippen molar-refractivity contribution in [3.05, 3.63) is 28.7 Å². The standard InChI is InChI=1S/C10H13BrN4O/c1-7(6-12)14-15-10(16)13-9-4-2-8(11)3-5-9/h2-5H,6,12H2,1H3,(H2,13,15,16). The highest BCUT2D eigenvalue weighted by Gasteiger charge is 1.99. The summed E-state index contributed by atoms with van der Waals surface area (Å²) in [5.41, 5.74) is 9.02. The quantitative estimate of drug-likeness (QED) is 0.586. The van der Waals surface area contributed by atoms with Gasteiger partial charge >= 0.3 is 6.03 Å². The number of nitrogens with one attached hydrogen (secondary N) is 2. The van der Waals surface area contributed by atoms with Crippen molar-refractivity contribution in [3.63, 3.8) is 0 Å². The highest BCUT2D eigenvalue weighted by molar-refractivity contribution is 9.10. The van der Waals surface area contributed by atoms with Crippen LogP contribution in [0.25, 0.3) is 0 Å². The number of benzene rings is 1. The summed E-state index contributed by atoms with van der Waals surface area (Å²) in [7, 11) is 0. The molecule has 4 N–H and O–H groups in total. The number of rotatable bonds is 3. The fourth-order valence-electron chi connectivity index (χ4n) is 0.884. The lowest BCUT2D eigenvalue weighted by Gasteiger charge is -2.04. The predicted molar refractivity (Wildman–Crippen MR) is 68.5 cm³/mol. The number of hydrazone groups is 1. The van der Waals surface area contributed by atoms with E-state index in [0.717, 1.165) is 4.47 Å². The summed E-state index contributed by atoms with van der Waals surface area (Å²) in [5, 5.41) is 6.41. The molecule has 0 spiro atoms. The van der Waals surface area contributed by atoms with Gasteiger partial charge in [0.25, 0.3) is 0 Å². The first-order chi connectivity index (χ1) is 7.61. The number of anilines is 1. The molecule has 0 heterocycles. The van der Waals surface area contributed by atoms with Crippen molar-refractivity contribution in [2.45, 2.75) is 6.92 Å². The number of hydrogen-bond donors (Lipinski definition) is 3. The molecule has 0 aliphatic carbocycles. The Labute approximate surface area is 102 Å². The van der Waals surface area contributed by atoms with E-state index in [2.05, 4.69) is 31.8 Å². The van der Waals surface area contributed by atoms with Gasteiger partial charge in [-0.3, -0.25) is 0 Å². The molecule has 0 saturated carbocycles. The molecule has 0 unspecified atom stereocenters. The van der Waals surface area contributed by atoms with Crippen molar-refractivity contribution < 1.29 is 4.79 Å². The molecule has 0 saturated heterocycles. The Morgan fingerprint density at radius 1 is 1.44 bits per heavy atom. The lowest BCUT2D eigenvalue weighted by Crippen LogP contribution is -2.26. The lowest BCUT2D eigenvalue weighted by atomic mass is 10.3. The van der Waals surface area contributed by atoms with Crippen molar-refractivity contribution in [1.29, 1.82) is 0 Å². The van der Waals surface area contributed by atoms with Gasteiger partial charge in [-0.2, -0.15) is 5.10 Å². The zero-order chi connectivity index (χ0) is 12.0. The van der Waals surface area contributed by atoms with Crippen LogP contribution < -0.4 is 16.5 Å². The van der Waals surface area contributed by atoms with E-state index >= 15 is 0 Å². The Balaban J connectivity index is 2.49. The normalized spacial score (nSPS) is 11.1. The van der Waals surface area contributed by atoms with Crippen molar-refractivity contribution >= 4 is 33.4 Å². The number of amides is 2. The second-order valence-electron chi connectivity index (χ2n) is 3.12. The van der Waals surface area contributed by atoms with Gasteiger partial charge in [0.1, 0.15) is 0 Å². The van der Waals surface area contributed by atoms with E-state index in [1.54, 1.807) is 19.1 Å². The molecule has 0 aromatic heterocycles. The molecule has 0 atom stereocenters. The van der Waals surface area contributed by atoms with Crippen LogP contribution in [0.15, 0.2) is 33.8 Å². The van der Waals surface area contributed by atoms with Gasteiger partial charge in [-0.25, -0.2) is 10.2 Å². The first-order valence-electron chi connectivity index (χ1n) is 4.67. The summed E-state index contributed by atoms with van der Waals surface area (Å²) in [6.45, 7) is 2.05. The molecule has 0 fully saturated rings. The Bertz CT molecular complexity index is 388. The molecule has 1 rings (SSSR count). The van der Waals surface area contributed by atoms with E-state index in [1.807, 2.05) is 12.1 Å². The van der Waals surface area contributed by atoms with Gasteiger partial charge in [0.05, 0.1) is 0 Å². The van der Waals surface area contributed by atoms with Crippen molar-refractivity contribution in [1.82, 2.24) is 5.43 Å². The first-order valence-corrected chi connectivity index (χ1v) is 5.47. The van der Waals surface area contributed by atoms with Gasteiger partial charge < -0.3 is 11.1 Å². The number of carbonyl (C=O) groups is 1. The highest BCUT2D eigenvalue weighted by Crippen LogP contribution is 2.13. The van der Waals surface area contributed by atoms with Crippen molar-refractivity contribution in [2.75, 3.05) is 11.9 Å². The summed E-state index contributed by atoms with van der Waals surface area (Å²) in [4.78, 5) is 11.3. The third-order valence-electron chi connectivity index (χ3n) is 1.75. The second kappa shape index (κ2) is 6.24. The number of urea groups is 1. The van der Waals surface area contributed by atoms with E-state index in [4.69, 9.17) is 5.73 Å². The van der Waals surface area contributed by atoms with E-state index in [0.29, 0.717) is 17.9 Å². The number of nitrogens with two attached hydrogens (primary N) is 1. The summed E-state index contributed by atoms with van der Waals surface area (Å²) in [6.07, 6.45) is 0. The van der Waals surface area contributed by atoms with E-state index in [9.17, 15) is 4.79 Å². The summed E-state index contributed by atoms with van der Waals surface area (Å²) < 4.78 is 0.954. The molecular weight excluding hydrogens is 272 g/mol. The molecule has 0 aliphatic rings. The molecule has 6 heteroatoms. The minimum absolute atomic E-state index is 0.318. The van der Waals surface area contributed by atoms with Crippen LogP contribution in [0.2, 0.25) is 0 Å². The molecule has 5 nitrogen and oxygen atoms in total. The number of halogens is 1. The lowest BCUT2D eigenvalue weighted by molar-refractivity contribution is 0.252. The Morgan fingerprint density at radius 2 is 2.06 bits per heavy atom. The van der Waals surface area contributed by atoms with Gasteiger partial charge in [0.2, 0.25) is 0 Å². The fraction of sp³-hybridized carbons (Fsp3) is 0.200. The van der Waals surface area contributed by atoms with Gasteiger partial charge in [-0.1, -0.05) is 15.9 Å². The Hall–Kier alpha value is -1.40. The molecule has 0 aliphatic heterocycles. The first kappa shape index (κ1) is 12.7. The topological polar surface area (TPSA) is 79.5 Å². The average Bonchev–Trinajstić information content (AvgIpc) is 2.29. The van der Waals surface area contributed by atoms with Crippen molar-refractivity contribution in [3.8, 4) is 0 Å². The van der Waals surface area contributed by atoms with Crippen LogP contribution in [0.3, 0.4) is 0 Å². The molecule has 1 aromatic carbocycles. The summed E-state index contributed by atoms with van der Waals surface area (Å²) in [5.74, 6) is 0. The van der Waals surface area contributed by atoms with E-state index in [1.165, 1.54) is 0 Å². The minimum Gasteiger partial charge on any atom is -0.325 e. The smallest absolute Gasteiger partial charge is 0.325 e. The molecule has 0 radical (unpaired) electrons. The Kier molecular flexibility index (Phi) is 4.94. The monoisotopic (exact) mass is 284 g/mol. The minimum atomic E-state index is -0.393. The summed E-state index contributed by atoms with van der Waals surface area (Å²) >= 11 is 3.31. The van der Waals surface area contributed by atoms with Gasteiger partial charge in [0, 0.05) is 22.4 Å². The van der Waals surface area contributed by atoms with Gasteiger partial charge in [-0.05, 0) is 31.2 Å². The molecule has 2 amide bonds. The number of nitrogens with zero attached hydrogens (tertiary/aromatic N) is 1. The summed E-state index contributed by atoms with van der Waals surface area (Å²) in [6, 6.07) is 6.84. The van der Waals surface area contributed by atoms with E-state index in [-0.39, 0.29) is 0 Å². The van der Waals surface area contributed by atoms with Crippen LogP contribution in [0.4, 0.5) is 10.5 Å². The maximum atomic E-state index is 11.3. The number of hydrogen-bond acceptors (Lipinski definition) is 3. The van der Waals surface area contributed by atoms with Crippen LogP contribution in [0, 0.1) is 0 Å². The third-order valence-corrected chi connectivity index (χ3v) is 2.27. The van der Waals surface area contributed by atoms with Gasteiger partial charge in [-0.15, -0.1) is 0 Å². The van der Waals surface area contributed by atoms with Crippen LogP contribution in [-0.2, 0) is 0 Å². The van der Waals surface area contributed by atoms with Crippen LogP contribution >= 0.6 is 15.9 Å². The fourth-order valence-corrected chi connectivity index (χ4v) is 1.15. The zero-order valence-corrected chi connectivity index (χ0v) is 10.4. The number of carbonyl (C=O) groups excluding carboxylic acids is 1. The van der Waals surface area contributed by atoms with Gasteiger partial charge in [0.15, 0.2) is 0 Å². The molecule has 16 heavy (non-hydrogen) atoms. The average molecular weight is 285 g/mol. The Morgan fingerprint density at radius 3 is 2.62 bits per heavy atom. The molecule has 1 aromatic rings. The maximum Gasteiger partial charge on any atom is 0.339 e. The highest BCUT2D eigenvalue weighted by atomic mass is 79.9. The largest absolute Gasteiger partial charge is 0.339 e. The van der Waals surface area contributed by atoms with Crippen LogP contribution in [-0.4, -0.2) is 18.3 Å². The molecule has 0 bridgehead atoms. The molecule has 86 valence electrons.